The number of ether oxygens (including phenoxy) is 1. The van der Waals surface area contributed by atoms with E-state index >= 15 is 0 Å². The smallest absolute Gasteiger partial charge is 0.295 e. The number of pyridine rings is 1. The third-order valence-corrected chi connectivity index (χ3v) is 5.51. The minimum atomic E-state index is -0.822. The number of rotatable bonds is 5. The van der Waals surface area contributed by atoms with Gasteiger partial charge in [0.15, 0.2) is 0 Å². The lowest BCUT2D eigenvalue weighted by Crippen LogP contribution is -2.29. The fourth-order valence-electron chi connectivity index (χ4n) is 3.91. The van der Waals surface area contributed by atoms with Gasteiger partial charge in [0, 0.05) is 24.5 Å². The molecule has 0 bridgehead atoms. The van der Waals surface area contributed by atoms with Crippen molar-refractivity contribution < 1.29 is 24.5 Å². The molecule has 2 heterocycles. The van der Waals surface area contributed by atoms with Gasteiger partial charge in [-0.15, -0.1) is 0 Å². The Morgan fingerprint density at radius 1 is 1.12 bits per heavy atom. The number of benzene rings is 2. The summed E-state index contributed by atoms with van der Waals surface area (Å²) in [5.41, 5.74) is 2.48. The predicted octanol–water partition coefficient (Wildman–Crippen LogP) is 3.73. The van der Waals surface area contributed by atoms with Crippen LogP contribution < -0.4 is 4.74 Å². The number of aliphatic hydroxyl groups is 1. The molecule has 2 N–H and O–H groups in total. The number of ketones is 1. The minimum absolute atomic E-state index is 0.00199. The van der Waals surface area contributed by atoms with Crippen molar-refractivity contribution in [3.63, 3.8) is 0 Å². The van der Waals surface area contributed by atoms with Gasteiger partial charge in [0.2, 0.25) is 0 Å². The van der Waals surface area contributed by atoms with Crippen molar-refractivity contribution in [2.45, 2.75) is 19.5 Å². The minimum Gasteiger partial charge on any atom is -0.508 e. The number of methoxy groups -OCH3 is 1. The van der Waals surface area contributed by atoms with Gasteiger partial charge in [0.05, 0.1) is 18.7 Å². The Hall–Kier alpha value is -4.13. The lowest BCUT2D eigenvalue weighted by Gasteiger charge is -2.25. The molecular weight excluding hydrogens is 408 g/mol. The predicted molar refractivity (Wildman–Crippen MR) is 118 cm³/mol. The summed E-state index contributed by atoms with van der Waals surface area (Å²) >= 11 is 0. The molecule has 0 aliphatic carbocycles. The van der Waals surface area contributed by atoms with E-state index in [4.69, 9.17) is 4.74 Å². The maximum atomic E-state index is 13.1. The van der Waals surface area contributed by atoms with E-state index in [0.29, 0.717) is 22.4 Å². The molecule has 1 aliphatic heterocycles. The highest BCUT2D eigenvalue weighted by Gasteiger charge is 2.46. The highest BCUT2D eigenvalue weighted by Crippen LogP contribution is 2.41. The van der Waals surface area contributed by atoms with Crippen LogP contribution in [0.2, 0.25) is 0 Å². The van der Waals surface area contributed by atoms with Gasteiger partial charge in [0.1, 0.15) is 17.3 Å². The zero-order chi connectivity index (χ0) is 22.8. The summed E-state index contributed by atoms with van der Waals surface area (Å²) < 4.78 is 5.22. The van der Waals surface area contributed by atoms with Crippen LogP contribution in [0, 0.1) is 6.92 Å². The molecule has 1 unspecified atom stereocenters. The van der Waals surface area contributed by atoms with E-state index < -0.39 is 17.7 Å². The van der Waals surface area contributed by atoms with E-state index in [9.17, 15) is 19.8 Å². The molecule has 162 valence electrons. The Kier molecular flexibility index (Phi) is 5.64. The molecule has 1 atom stereocenters. The highest BCUT2D eigenvalue weighted by atomic mass is 16.5. The zero-order valence-electron chi connectivity index (χ0n) is 17.6. The zero-order valence-corrected chi connectivity index (χ0v) is 17.6. The number of phenolic OH excluding ortho intramolecular Hbond substituents is 1. The Labute approximate surface area is 185 Å². The first-order chi connectivity index (χ1) is 15.4. The number of nitrogens with zero attached hydrogens (tertiary/aromatic N) is 2. The number of likely N-dealkylation sites (tertiary alicyclic amines) is 1. The number of carbonyl (C=O) groups is 2. The first-order valence-corrected chi connectivity index (χ1v) is 10.0. The van der Waals surface area contributed by atoms with E-state index in [1.54, 1.807) is 62.8 Å². The number of aromatic nitrogens is 1. The molecule has 7 nitrogen and oxygen atoms in total. The topological polar surface area (TPSA) is 100.0 Å². The lowest BCUT2D eigenvalue weighted by atomic mass is 9.93. The van der Waals surface area contributed by atoms with Gasteiger partial charge in [-0.3, -0.25) is 14.6 Å². The number of aliphatic hydroxyl groups excluding tert-OH is 1. The van der Waals surface area contributed by atoms with Crippen LogP contribution in [0.15, 0.2) is 72.6 Å². The molecule has 1 aromatic heterocycles. The summed E-state index contributed by atoms with van der Waals surface area (Å²) in [6.45, 7) is 1.93. The quantitative estimate of drug-likeness (QED) is 0.364. The first-order valence-electron chi connectivity index (χ1n) is 10.0. The fourth-order valence-corrected chi connectivity index (χ4v) is 3.91. The van der Waals surface area contributed by atoms with Gasteiger partial charge in [-0.05, 0) is 60.0 Å². The summed E-state index contributed by atoms with van der Waals surface area (Å²) in [5.74, 6) is -1.05. The number of phenols is 1. The van der Waals surface area contributed by atoms with Crippen molar-refractivity contribution in [1.29, 1.82) is 0 Å². The molecule has 1 saturated heterocycles. The van der Waals surface area contributed by atoms with Crippen molar-refractivity contribution >= 4 is 17.4 Å². The average Bonchev–Trinajstić information content (AvgIpc) is 3.04. The molecule has 4 rings (SSSR count). The van der Waals surface area contributed by atoms with Crippen LogP contribution in [0.3, 0.4) is 0 Å². The molecule has 1 fully saturated rings. The van der Waals surface area contributed by atoms with Crippen LogP contribution in [0.4, 0.5) is 0 Å². The SMILES string of the molecule is COc1ccc(/C(O)=C2/C(=O)C(=O)N(Cc3cccnc3)C2c2ccc(O)cc2)c(C)c1. The van der Waals surface area contributed by atoms with Gasteiger partial charge in [0.25, 0.3) is 11.7 Å². The first kappa shape index (κ1) is 21.1. The van der Waals surface area contributed by atoms with Crippen molar-refractivity contribution in [2.24, 2.45) is 0 Å². The van der Waals surface area contributed by atoms with E-state index in [0.717, 1.165) is 5.56 Å². The number of amides is 1. The number of carbonyl (C=O) groups excluding carboxylic acids is 2. The maximum Gasteiger partial charge on any atom is 0.295 e. The summed E-state index contributed by atoms with van der Waals surface area (Å²) in [5, 5.41) is 20.9. The lowest BCUT2D eigenvalue weighted by molar-refractivity contribution is -0.140. The van der Waals surface area contributed by atoms with Crippen LogP contribution in [0.25, 0.3) is 5.76 Å². The molecule has 1 amide bonds. The maximum absolute atomic E-state index is 13.1. The molecule has 7 heteroatoms. The molecule has 1 aliphatic rings. The van der Waals surface area contributed by atoms with E-state index in [-0.39, 0.29) is 23.6 Å². The summed E-state index contributed by atoms with van der Waals surface area (Å²) in [7, 11) is 1.54. The second-order valence-electron chi connectivity index (χ2n) is 7.56. The van der Waals surface area contributed by atoms with E-state index in [2.05, 4.69) is 4.98 Å². The summed E-state index contributed by atoms with van der Waals surface area (Å²) in [6.07, 6.45) is 3.25. The third kappa shape index (κ3) is 3.80. The Balaban J connectivity index is 1.87. The largest absolute Gasteiger partial charge is 0.508 e. The number of hydrogen-bond acceptors (Lipinski definition) is 6. The molecule has 3 aromatic rings. The van der Waals surface area contributed by atoms with E-state index in [1.807, 2.05) is 6.07 Å². The van der Waals surface area contributed by atoms with Gasteiger partial charge in [-0.25, -0.2) is 0 Å². The van der Waals surface area contributed by atoms with Crippen LogP contribution in [-0.4, -0.2) is 38.9 Å². The van der Waals surface area contributed by atoms with Crippen molar-refractivity contribution in [3.8, 4) is 11.5 Å². The monoisotopic (exact) mass is 430 g/mol. The van der Waals surface area contributed by atoms with Gasteiger partial charge >= 0.3 is 0 Å². The summed E-state index contributed by atoms with van der Waals surface area (Å²) in [6, 6.07) is 14.1. The van der Waals surface area contributed by atoms with E-state index in [1.165, 1.54) is 17.0 Å². The van der Waals surface area contributed by atoms with Crippen LogP contribution in [0.5, 0.6) is 11.5 Å². The Morgan fingerprint density at radius 3 is 2.50 bits per heavy atom. The second kappa shape index (κ2) is 8.55. The van der Waals surface area contributed by atoms with Crippen LogP contribution >= 0.6 is 0 Å². The van der Waals surface area contributed by atoms with Gasteiger partial charge < -0.3 is 19.8 Å². The Bertz CT molecular complexity index is 1200. The molecule has 0 saturated carbocycles. The third-order valence-electron chi connectivity index (χ3n) is 5.51. The Morgan fingerprint density at radius 2 is 1.88 bits per heavy atom. The standard InChI is InChI=1S/C25H22N2O5/c1-15-12-19(32-2)9-10-20(15)23(29)21-22(17-5-7-18(28)8-6-17)27(25(31)24(21)30)14-16-4-3-11-26-13-16/h3-13,22,28-29H,14H2,1-2H3/b23-21-. The number of hydrogen-bond donors (Lipinski definition) is 2. The van der Waals surface area contributed by atoms with Gasteiger partial charge in [-0.1, -0.05) is 18.2 Å². The number of aryl methyl sites for hydroxylation is 1. The van der Waals surface area contributed by atoms with Crippen LogP contribution in [-0.2, 0) is 16.1 Å². The fraction of sp³-hybridized carbons (Fsp3) is 0.160. The molecule has 0 spiro atoms. The van der Waals surface area contributed by atoms with Crippen molar-refractivity contribution in [3.05, 3.63) is 94.8 Å². The number of aromatic hydroxyl groups is 1. The van der Waals surface area contributed by atoms with Crippen molar-refractivity contribution in [2.75, 3.05) is 7.11 Å². The molecule has 2 aromatic carbocycles. The van der Waals surface area contributed by atoms with Gasteiger partial charge in [-0.2, -0.15) is 0 Å². The molecule has 0 radical (unpaired) electrons. The number of Topliss-reactive ketones (excluding diaryl/α,β-unsaturated/α-hetero) is 1. The van der Waals surface area contributed by atoms with Crippen LogP contribution in [0.1, 0.15) is 28.3 Å². The summed E-state index contributed by atoms with van der Waals surface area (Å²) in [4.78, 5) is 31.6. The highest BCUT2D eigenvalue weighted by molar-refractivity contribution is 6.46. The molecular formula is C25H22N2O5. The second-order valence-corrected chi connectivity index (χ2v) is 7.56. The normalized spacial score (nSPS) is 17.6. The van der Waals surface area contributed by atoms with Crippen molar-refractivity contribution in [1.82, 2.24) is 9.88 Å². The average molecular weight is 430 g/mol. The molecule has 32 heavy (non-hydrogen) atoms.